The Labute approximate surface area is 216 Å². The Bertz CT molecular complexity index is 518. The van der Waals surface area contributed by atoms with Gasteiger partial charge in [-0.15, -0.1) is 0 Å². The van der Waals surface area contributed by atoms with Gasteiger partial charge in [-0.25, -0.2) is 4.79 Å². The molecule has 0 aromatic heterocycles. The van der Waals surface area contributed by atoms with Crippen LogP contribution in [0, 0.1) is 0 Å². The van der Waals surface area contributed by atoms with Gasteiger partial charge in [0, 0.05) is 19.4 Å². The lowest BCUT2D eigenvalue weighted by atomic mass is 10.1. The average Bonchev–Trinajstić information content (AvgIpc) is 2.85. The average molecular weight is 523 g/mol. The van der Waals surface area contributed by atoms with Crippen molar-refractivity contribution in [1.29, 1.82) is 0 Å². The zero-order chi connectivity index (χ0) is 27.3. The molecule has 0 spiro atoms. The molecule has 0 aromatic carbocycles. The number of hydrogen-bond donors (Lipinski definition) is 3. The lowest BCUT2D eigenvalue weighted by molar-refractivity contribution is -0.142. The molecule has 0 aliphatic rings. The summed E-state index contributed by atoms with van der Waals surface area (Å²) in [4.78, 5) is 33.7. The van der Waals surface area contributed by atoms with Crippen LogP contribution >= 0.6 is 0 Å². The molecule has 1 amide bonds. The molecule has 0 saturated carbocycles. The van der Waals surface area contributed by atoms with Crippen LogP contribution in [0.2, 0.25) is 0 Å². The molecule has 214 valence electrons. The number of unbranched alkanes of at least 4 members (excludes halogenated alkanes) is 3. The minimum absolute atomic E-state index is 0.0320. The maximum atomic E-state index is 11.7. The molecule has 11 heteroatoms. The first kappa shape index (κ1) is 36.5. The third-order valence-electron chi connectivity index (χ3n) is 4.60. The molecule has 4 N–H and O–H groups in total. The quantitative estimate of drug-likeness (QED) is 0.151. The molecule has 1 atom stereocenters. The number of Topliss-reactive ketones (excluding diaryl/α,β-unsaturated/α-hetero) is 1. The SMILES string of the molecule is CC(=O)CCC(NC(=O)CCOCCOCCOCCOCCOCCN)C(=O)O.CCCCCC. The van der Waals surface area contributed by atoms with Gasteiger partial charge in [0.1, 0.15) is 11.8 Å². The van der Waals surface area contributed by atoms with Crippen LogP contribution in [0.25, 0.3) is 0 Å². The highest BCUT2D eigenvalue weighted by Gasteiger charge is 2.19. The van der Waals surface area contributed by atoms with Gasteiger partial charge in [-0.3, -0.25) is 4.79 Å². The van der Waals surface area contributed by atoms with Crippen LogP contribution in [0.1, 0.15) is 65.7 Å². The molecule has 0 aliphatic carbocycles. The molecular weight excluding hydrogens is 472 g/mol. The van der Waals surface area contributed by atoms with Crippen LogP contribution in [0.3, 0.4) is 0 Å². The number of amides is 1. The first-order valence-corrected chi connectivity index (χ1v) is 13.0. The summed E-state index contributed by atoms with van der Waals surface area (Å²) in [5, 5.41) is 11.4. The predicted octanol–water partition coefficient (Wildman–Crippen LogP) is 1.94. The summed E-state index contributed by atoms with van der Waals surface area (Å²) >= 11 is 0. The Morgan fingerprint density at radius 1 is 0.722 bits per heavy atom. The number of carboxylic acids is 1. The topological polar surface area (TPSA) is 156 Å². The number of ether oxygens (including phenoxy) is 5. The smallest absolute Gasteiger partial charge is 0.326 e. The van der Waals surface area contributed by atoms with Gasteiger partial charge in [0.05, 0.1) is 66.1 Å². The molecule has 0 fully saturated rings. The lowest BCUT2D eigenvalue weighted by Crippen LogP contribution is -2.41. The number of rotatable bonds is 25. The fourth-order valence-corrected chi connectivity index (χ4v) is 2.60. The van der Waals surface area contributed by atoms with Crippen molar-refractivity contribution in [2.45, 2.75) is 71.8 Å². The summed E-state index contributed by atoms with van der Waals surface area (Å²) in [6.45, 7) is 10.5. The van der Waals surface area contributed by atoms with E-state index in [0.29, 0.717) is 66.0 Å². The van der Waals surface area contributed by atoms with E-state index >= 15 is 0 Å². The van der Waals surface area contributed by atoms with Crippen LogP contribution in [-0.4, -0.2) is 101 Å². The molecule has 0 heterocycles. The van der Waals surface area contributed by atoms with Crippen LogP contribution in [0.5, 0.6) is 0 Å². The summed E-state index contributed by atoms with van der Waals surface area (Å²) in [6, 6.07) is -1.07. The standard InChI is InChI=1S/C19H36N2O9.C6H14/c1-16(22)2-3-17(19(24)25)21-18(23)4-6-26-8-10-28-12-14-30-15-13-29-11-9-27-7-5-20;1-3-5-6-4-2/h17H,2-15,20H2,1H3,(H,21,23)(H,24,25);3-6H2,1-2H3. The van der Waals surface area contributed by atoms with Crippen molar-refractivity contribution >= 4 is 17.7 Å². The molecule has 0 aliphatic heterocycles. The fraction of sp³-hybridized carbons (Fsp3) is 0.880. The third-order valence-corrected chi connectivity index (χ3v) is 4.60. The summed E-state index contributed by atoms with van der Waals surface area (Å²) in [6.07, 6.45) is 5.74. The zero-order valence-electron chi connectivity index (χ0n) is 22.6. The van der Waals surface area contributed by atoms with Gasteiger partial charge in [-0.05, 0) is 13.3 Å². The van der Waals surface area contributed by atoms with Crippen LogP contribution in [0.15, 0.2) is 0 Å². The maximum Gasteiger partial charge on any atom is 0.326 e. The lowest BCUT2D eigenvalue weighted by Gasteiger charge is -2.13. The van der Waals surface area contributed by atoms with Crippen LogP contribution < -0.4 is 11.1 Å². The van der Waals surface area contributed by atoms with E-state index < -0.39 is 17.9 Å². The van der Waals surface area contributed by atoms with Crippen molar-refractivity contribution in [3.63, 3.8) is 0 Å². The second kappa shape index (κ2) is 29.6. The number of nitrogens with one attached hydrogen (secondary N) is 1. The first-order chi connectivity index (χ1) is 17.4. The number of carbonyl (C=O) groups is 3. The fourth-order valence-electron chi connectivity index (χ4n) is 2.60. The van der Waals surface area contributed by atoms with Gasteiger partial charge in [0.25, 0.3) is 0 Å². The third kappa shape index (κ3) is 30.4. The molecule has 0 aromatic rings. The van der Waals surface area contributed by atoms with Crippen LogP contribution in [0.4, 0.5) is 0 Å². The molecule has 0 saturated heterocycles. The normalized spacial score (nSPS) is 11.4. The number of ketones is 1. The van der Waals surface area contributed by atoms with Crippen molar-refractivity contribution in [3.05, 3.63) is 0 Å². The molecule has 11 nitrogen and oxygen atoms in total. The molecule has 0 rings (SSSR count). The van der Waals surface area contributed by atoms with Gasteiger partial charge in [-0.1, -0.05) is 39.5 Å². The van der Waals surface area contributed by atoms with Crippen LogP contribution in [-0.2, 0) is 38.1 Å². The van der Waals surface area contributed by atoms with E-state index in [-0.39, 0.29) is 31.7 Å². The van der Waals surface area contributed by atoms with Gasteiger partial charge >= 0.3 is 5.97 Å². The van der Waals surface area contributed by atoms with Crippen molar-refractivity contribution in [2.75, 3.05) is 72.6 Å². The van der Waals surface area contributed by atoms with Crippen molar-refractivity contribution < 1.29 is 43.2 Å². The predicted molar refractivity (Wildman–Crippen MR) is 137 cm³/mol. The maximum absolute atomic E-state index is 11.7. The number of carboxylic acid groups (broad SMARTS) is 1. The van der Waals surface area contributed by atoms with Gasteiger partial charge in [0.15, 0.2) is 0 Å². The summed E-state index contributed by atoms with van der Waals surface area (Å²) in [7, 11) is 0. The number of hydrogen-bond acceptors (Lipinski definition) is 9. The first-order valence-electron chi connectivity index (χ1n) is 13.0. The highest BCUT2D eigenvalue weighted by molar-refractivity contribution is 5.84. The summed E-state index contributed by atoms with van der Waals surface area (Å²) in [5.74, 6) is -1.72. The minimum Gasteiger partial charge on any atom is -0.480 e. The Kier molecular flexibility index (Phi) is 30.0. The highest BCUT2D eigenvalue weighted by Crippen LogP contribution is 2.00. The molecular formula is C25H50N2O9. The van der Waals surface area contributed by atoms with Crippen molar-refractivity contribution in [2.24, 2.45) is 5.73 Å². The second-order valence-corrected chi connectivity index (χ2v) is 8.01. The Hall–Kier alpha value is -1.63. The van der Waals surface area contributed by atoms with Gasteiger partial charge in [0.2, 0.25) is 5.91 Å². The summed E-state index contributed by atoms with van der Waals surface area (Å²) in [5.41, 5.74) is 5.29. The zero-order valence-corrected chi connectivity index (χ0v) is 22.6. The molecule has 0 radical (unpaired) electrons. The van der Waals surface area contributed by atoms with E-state index in [9.17, 15) is 14.4 Å². The van der Waals surface area contributed by atoms with Gasteiger partial charge < -0.3 is 44.6 Å². The number of nitrogens with two attached hydrogens (primary N) is 1. The Balaban J connectivity index is 0. The Morgan fingerprint density at radius 3 is 1.50 bits per heavy atom. The minimum atomic E-state index is -1.16. The van der Waals surface area contributed by atoms with Crippen molar-refractivity contribution in [3.8, 4) is 0 Å². The largest absolute Gasteiger partial charge is 0.480 e. The highest BCUT2D eigenvalue weighted by atomic mass is 16.6. The molecule has 0 bridgehead atoms. The van der Waals surface area contributed by atoms with Crippen molar-refractivity contribution in [1.82, 2.24) is 5.32 Å². The number of aliphatic carboxylic acids is 1. The van der Waals surface area contributed by atoms with E-state index in [4.69, 9.17) is 34.5 Å². The monoisotopic (exact) mass is 522 g/mol. The molecule has 36 heavy (non-hydrogen) atoms. The van der Waals surface area contributed by atoms with E-state index in [2.05, 4.69) is 19.2 Å². The second-order valence-electron chi connectivity index (χ2n) is 8.01. The number of carbonyl (C=O) groups excluding carboxylic acids is 2. The summed E-state index contributed by atoms with van der Waals surface area (Å²) < 4.78 is 26.4. The van der Waals surface area contributed by atoms with E-state index in [0.717, 1.165) is 0 Å². The van der Waals surface area contributed by atoms with Gasteiger partial charge in [-0.2, -0.15) is 0 Å². The molecule has 1 unspecified atom stereocenters. The van der Waals surface area contributed by atoms with E-state index in [1.165, 1.54) is 32.6 Å². The van der Waals surface area contributed by atoms with E-state index in [1.807, 2.05) is 0 Å². The van der Waals surface area contributed by atoms with E-state index in [1.54, 1.807) is 0 Å². The Morgan fingerprint density at radius 2 is 1.14 bits per heavy atom.